The third-order valence-electron chi connectivity index (χ3n) is 4.10. The number of benzene rings is 1. The van der Waals surface area contributed by atoms with Gasteiger partial charge in [-0.3, -0.25) is 9.67 Å². The van der Waals surface area contributed by atoms with Gasteiger partial charge in [-0.05, 0) is 26.8 Å². The normalized spacial score (nSPS) is 19.0. The first-order chi connectivity index (χ1) is 12.1. The average molecular weight is 342 g/mol. The summed E-state index contributed by atoms with van der Waals surface area (Å²) in [5, 5.41) is 11.0. The predicted octanol–water partition coefficient (Wildman–Crippen LogP) is 2.14. The fourth-order valence-corrected chi connectivity index (χ4v) is 3.03. The second-order valence-electron chi connectivity index (χ2n) is 6.72. The Kier molecular flexibility index (Phi) is 5.21. The lowest BCUT2D eigenvalue weighted by Gasteiger charge is -2.38. The maximum absolute atomic E-state index is 6.10. The number of aromatic nitrogens is 3. The van der Waals surface area contributed by atoms with E-state index in [0.717, 1.165) is 24.7 Å². The summed E-state index contributed by atoms with van der Waals surface area (Å²) in [5.74, 6) is 1.75. The number of guanidine groups is 1. The molecule has 0 spiro atoms. The molecule has 0 bridgehead atoms. The minimum absolute atomic E-state index is 0.157. The number of para-hydroxylation sites is 1. The Hall–Kier alpha value is -2.57. The van der Waals surface area contributed by atoms with Crippen LogP contribution in [0.15, 0.2) is 41.9 Å². The van der Waals surface area contributed by atoms with Gasteiger partial charge in [0.25, 0.3) is 0 Å². The fraction of sp³-hybridized carbons (Fsp3) is 0.500. The molecule has 1 aromatic carbocycles. The molecule has 0 radical (unpaired) electrons. The van der Waals surface area contributed by atoms with Gasteiger partial charge in [0.15, 0.2) is 5.96 Å². The Morgan fingerprint density at radius 1 is 1.40 bits per heavy atom. The van der Waals surface area contributed by atoms with Crippen molar-refractivity contribution < 1.29 is 4.74 Å². The van der Waals surface area contributed by atoms with Crippen molar-refractivity contribution in [3.63, 3.8) is 0 Å². The third kappa shape index (κ3) is 4.49. The highest BCUT2D eigenvalue weighted by molar-refractivity contribution is 5.80. The number of fused-ring (bicyclic) bond motifs is 1. The van der Waals surface area contributed by atoms with Crippen molar-refractivity contribution >= 4 is 5.96 Å². The Balaban J connectivity index is 1.72. The number of ether oxygens (including phenoxy) is 1. The molecule has 0 saturated carbocycles. The summed E-state index contributed by atoms with van der Waals surface area (Å²) in [6.07, 6.45) is 4.11. The molecule has 25 heavy (non-hydrogen) atoms. The zero-order valence-corrected chi connectivity index (χ0v) is 15.1. The summed E-state index contributed by atoms with van der Waals surface area (Å²) in [6, 6.07) is 8.35. The molecule has 1 unspecified atom stereocenters. The molecule has 1 aliphatic heterocycles. The van der Waals surface area contributed by atoms with Gasteiger partial charge in [0.2, 0.25) is 0 Å². The average Bonchev–Trinajstić information content (AvgIpc) is 3.07. The van der Waals surface area contributed by atoms with Crippen LogP contribution in [0.25, 0.3) is 0 Å². The van der Waals surface area contributed by atoms with E-state index < -0.39 is 0 Å². The van der Waals surface area contributed by atoms with E-state index in [1.807, 2.05) is 18.2 Å². The quantitative estimate of drug-likeness (QED) is 0.643. The maximum Gasteiger partial charge on any atom is 0.191 e. The largest absolute Gasteiger partial charge is 0.487 e. The lowest BCUT2D eigenvalue weighted by atomic mass is 9.90. The van der Waals surface area contributed by atoms with Gasteiger partial charge in [-0.25, -0.2) is 4.98 Å². The van der Waals surface area contributed by atoms with E-state index in [9.17, 15) is 0 Å². The van der Waals surface area contributed by atoms with Gasteiger partial charge in [-0.2, -0.15) is 5.10 Å². The van der Waals surface area contributed by atoms with Gasteiger partial charge in [-0.1, -0.05) is 18.2 Å². The van der Waals surface area contributed by atoms with Crippen LogP contribution in [0, 0.1) is 0 Å². The molecule has 7 heteroatoms. The number of nitrogens with one attached hydrogen (secondary N) is 2. The van der Waals surface area contributed by atoms with Crippen molar-refractivity contribution in [3.8, 4) is 5.75 Å². The number of rotatable bonds is 5. The lowest BCUT2D eigenvalue weighted by molar-refractivity contribution is 0.0694. The van der Waals surface area contributed by atoms with E-state index in [1.165, 1.54) is 11.9 Å². The summed E-state index contributed by atoms with van der Waals surface area (Å²) >= 11 is 0. The summed E-state index contributed by atoms with van der Waals surface area (Å²) in [7, 11) is 0. The highest BCUT2D eigenvalue weighted by atomic mass is 16.5. The van der Waals surface area contributed by atoms with E-state index in [4.69, 9.17) is 4.74 Å². The molecule has 1 aromatic heterocycles. The number of nitrogens with zero attached hydrogens (tertiary/aromatic N) is 4. The molecule has 2 N–H and O–H groups in total. The van der Waals surface area contributed by atoms with Gasteiger partial charge in [0, 0.05) is 18.5 Å². The number of hydrogen-bond donors (Lipinski definition) is 2. The molecule has 0 fully saturated rings. The van der Waals surface area contributed by atoms with Crippen LogP contribution in [0.3, 0.4) is 0 Å². The van der Waals surface area contributed by atoms with Crippen LogP contribution in [0.2, 0.25) is 0 Å². The summed E-state index contributed by atoms with van der Waals surface area (Å²) in [4.78, 5) is 8.62. The molecule has 7 nitrogen and oxygen atoms in total. The molecule has 134 valence electrons. The molecular weight excluding hydrogens is 316 g/mol. The van der Waals surface area contributed by atoms with Crippen molar-refractivity contribution in [2.75, 3.05) is 13.1 Å². The smallest absolute Gasteiger partial charge is 0.191 e. The summed E-state index contributed by atoms with van der Waals surface area (Å²) < 4.78 is 7.88. The molecular formula is C18H26N6O. The molecule has 3 rings (SSSR count). The first kappa shape index (κ1) is 17.3. The van der Waals surface area contributed by atoms with Gasteiger partial charge in [0.1, 0.15) is 24.0 Å². The van der Waals surface area contributed by atoms with Gasteiger partial charge in [0.05, 0.1) is 19.1 Å². The summed E-state index contributed by atoms with van der Waals surface area (Å²) in [6.45, 7) is 8.44. The van der Waals surface area contributed by atoms with Crippen LogP contribution < -0.4 is 15.4 Å². The van der Waals surface area contributed by atoms with Crippen LogP contribution in [-0.2, 0) is 6.54 Å². The van der Waals surface area contributed by atoms with Crippen LogP contribution in [-0.4, -0.2) is 39.4 Å². The second-order valence-corrected chi connectivity index (χ2v) is 6.72. The zero-order valence-electron chi connectivity index (χ0n) is 15.1. The predicted molar refractivity (Wildman–Crippen MR) is 97.6 cm³/mol. The first-order valence-corrected chi connectivity index (χ1v) is 8.72. The summed E-state index contributed by atoms with van der Waals surface area (Å²) in [5.41, 5.74) is 0.952. The van der Waals surface area contributed by atoms with Crippen LogP contribution >= 0.6 is 0 Å². The van der Waals surface area contributed by atoms with Crippen LogP contribution in [0.4, 0.5) is 0 Å². The highest BCUT2D eigenvalue weighted by Gasteiger charge is 2.33. The third-order valence-corrected chi connectivity index (χ3v) is 4.10. The van der Waals surface area contributed by atoms with Gasteiger partial charge < -0.3 is 15.4 Å². The van der Waals surface area contributed by atoms with Crippen molar-refractivity contribution in [1.29, 1.82) is 0 Å². The molecule has 2 heterocycles. The molecule has 0 amide bonds. The lowest BCUT2D eigenvalue weighted by Crippen LogP contribution is -2.45. The van der Waals surface area contributed by atoms with E-state index in [-0.39, 0.29) is 11.6 Å². The second kappa shape index (κ2) is 7.55. The standard InChI is InChI=1S/C18H26N6O/c1-4-20-17(21-9-10-24-13-19-12-22-24)23-15-11-18(2,3)25-16-8-6-5-7-14(15)16/h5-8,12-13,15H,4,9-11H2,1-3H3,(H2,20,21,23). The van der Waals surface area contributed by atoms with Crippen LogP contribution in [0.1, 0.15) is 38.8 Å². The number of hydrogen-bond acceptors (Lipinski definition) is 4. The van der Waals surface area contributed by atoms with E-state index in [1.54, 1.807) is 11.0 Å². The van der Waals surface area contributed by atoms with Gasteiger partial charge in [-0.15, -0.1) is 0 Å². The van der Waals surface area contributed by atoms with Crippen LogP contribution in [0.5, 0.6) is 5.75 Å². The Bertz CT molecular complexity index is 710. The first-order valence-electron chi connectivity index (χ1n) is 8.72. The van der Waals surface area contributed by atoms with E-state index in [2.05, 4.69) is 52.5 Å². The molecule has 2 aromatic rings. The van der Waals surface area contributed by atoms with E-state index >= 15 is 0 Å². The van der Waals surface area contributed by atoms with Crippen molar-refractivity contribution in [1.82, 2.24) is 25.4 Å². The monoisotopic (exact) mass is 342 g/mol. The number of aliphatic imine (C=N–C) groups is 1. The minimum Gasteiger partial charge on any atom is -0.487 e. The van der Waals surface area contributed by atoms with Crippen molar-refractivity contribution in [3.05, 3.63) is 42.5 Å². The molecule has 1 atom stereocenters. The fourth-order valence-electron chi connectivity index (χ4n) is 3.03. The minimum atomic E-state index is -0.218. The maximum atomic E-state index is 6.10. The Morgan fingerprint density at radius 3 is 3.00 bits per heavy atom. The van der Waals surface area contributed by atoms with Crippen molar-refractivity contribution in [2.45, 2.75) is 45.4 Å². The van der Waals surface area contributed by atoms with Crippen molar-refractivity contribution in [2.24, 2.45) is 4.99 Å². The Labute approximate surface area is 148 Å². The van der Waals surface area contributed by atoms with Gasteiger partial charge >= 0.3 is 0 Å². The SMILES string of the molecule is CCNC(=NCCn1cncn1)NC1CC(C)(C)Oc2ccccc21. The molecule has 0 aliphatic carbocycles. The zero-order chi connectivity index (χ0) is 17.7. The highest BCUT2D eigenvalue weighted by Crippen LogP contribution is 2.39. The topological polar surface area (TPSA) is 76.4 Å². The van der Waals surface area contributed by atoms with E-state index in [0.29, 0.717) is 13.1 Å². The molecule has 1 aliphatic rings. The Morgan fingerprint density at radius 2 is 2.24 bits per heavy atom. The molecule has 0 saturated heterocycles.